The standard InChI is InChI=1S/C8H5FN2O3/c1-4-5-2-7(11(12)13)6(9)3-8(5)14-10-4/h2-3H,1H3. The van der Waals surface area contributed by atoms with E-state index in [-0.39, 0.29) is 5.58 Å². The van der Waals surface area contributed by atoms with Gasteiger partial charge in [0.2, 0.25) is 5.82 Å². The summed E-state index contributed by atoms with van der Waals surface area (Å²) in [6.45, 7) is 1.63. The van der Waals surface area contributed by atoms with E-state index in [2.05, 4.69) is 5.16 Å². The highest BCUT2D eigenvalue weighted by atomic mass is 19.1. The minimum atomic E-state index is -0.918. The first-order valence-corrected chi connectivity index (χ1v) is 3.79. The maximum atomic E-state index is 13.1. The van der Waals surface area contributed by atoms with Gasteiger partial charge >= 0.3 is 5.69 Å². The number of nitro groups is 1. The molecule has 1 aromatic carbocycles. The summed E-state index contributed by atoms with van der Waals surface area (Å²) in [4.78, 5) is 9.64. The molecule has 0 atom stereocenters. The van der Waals surface area contributed by atoms with E-state index in [1.165, 1.54) is 0 Å². The Morgan fingerprint density at radius 3 is 2.93 bits per heavy atom. The Bertz CT molecular complexity index is 521. The molecule has 0 aliphatic carbocycles. The fraction of sp³-hybridized carbons (Fsp3) is 0.125. The van der Waals surface area contributed by atoms with Crippen LogP contribution in [0.5, 0.6) is 0 Å². The molecule has 5 nitrogen and oxygen atoms in total. The largest absolute Gasteiger partial charge is 0.356 e. The van der Waals surface area contributed by atoms with Gasteiger partial charge in [-0.2, -0.15) is 4.39 Å². The van der Waals surface area contributed by atoms with Crippen LogP contribution in [0.15, 0.2) is 16.7 Å². The van der Waals surface area contributed by atoms with Crippen LogP contribution in [0.2, 0.25) is 0 Å². The molecule has 72 valence electrons. The zero-order valence-electron chi connectivity index (χ0n) is 7.15. The number of aromatic nitrogens is 1. The quantitative estimate of drug-likeness (QED) is 0.517. The smallest absolute Gasteiger partial charge is 0.305 e. The van der Waals surface area contributed by atoms with Crippen molar-refractivity contribution in [2.45, 2.75) is 6.92 Å². The number of halogens is 1. The highest BCUT2D eigenvalue weighted by Gasteiger charge is 2.18. The monoisotopic (exact) mass is 196 g/mol. The fourth-order valence-corrected chi connectivity index (χ4v) is 1.21. The van der Waals surface area contributed by atoms with Crippen LogP contribution in [0.3, 0.4) is 0 Å². The zero-order chi connectivity index (χ0) is 10.3. The van der Waals surface area contributed by atoms with Crippen molar-refractivity contribution in [1.29, 1.82) is 0 Å². The third-order valence-corrected chi connectivity index (χ3v) is 1.92. The molecule has 0 saturated carbocycles. The summed E-state index contributed by atoms with van der Waals surface area (Å²) in [6, 6.07) is 2.09. The molecule has 0 saturated heterocycles. The Kier molecular flexibility index (Phi) is 1.70. The molecule has 1 aromatic heterocycles. The number of rotatable bonds is 1. The van der Waals surface area contributed by atoms with E-state index in [0.29, 0.717) is 11.1 Å². The Labute approximate surface area is 77.3 Å². The van der Waals surface area contributed by atoms with Crippen molar-refractivity contribution in [3.8, 4) is 0 Å². The van der Waals surface area contributed by atoms with E-state index in [4.69, 9.17) is 4.52 Å². The lowest BCUT2D eigenvalue weighted by molar-refractivity contribution is -0.387. The molecule has 2 rings (SSSR count). The van der Waals surface area contributed by atoms with Gasteiger partial charge in [0.1, 0.15) is 0 Å². The van der Waals surface area contributed by atoms with Crippen LogP contribution in [0.4, 0.5) is 10.1 Å². The van der Waals surface area contributed by atoms with Gasteiger partial charge in [-0.1, -0.05) is 5.16 Å². The number of nitro benzene ring substituents is 1. The third-order valence-electron chi connectivity index (χ3n) is 1.92. The lowest BCUT2D eigenvalue weighted by atomic mass is 10.2. The van der Waals surface area contributed by atoms with Crippen molar-refractivity contribution in [2.24, 2.45) is 0 Å². The van der Waals surface area contributed by atoms with Crippen molar-refractivity contribution in [1.82, 2.24) is 5.16 Å². The number of hydrogen-bond donors (Lipinski definition) is 0. The lowest BCUT2D eigenvalue weighted by Gasteiger charge is -1.92. The van der Waals surface area contributed by atoms with Gasteiger partial charge in [-0.25, -0.2) is 0 Å². The van der Waals surface area contributed by atoms with E-state index in [1.807, 2.05) is 0 Å². The normalized spacial score (nSPS) is 10.7. The lowest BCUT2D eigenvalue weighted by Crippen LogP contribution is -1.91. The van der Waals surface area contributed by atoms with E-state index in [0.717, 1.165) is 12.1 Å². The Morgan fingerprint density at radius 2 is 2.29 bits per heavy atom. The van der Waals surface area contributed by atoms with Crippen LogP contribution < -0.4 is 0 Å². The van der Waals surface area contributed by atoms with Gasteiger partial charge in [0.05, 0.1) is 16.0 Å². The minimum Gasteiger partial charge on any atom is -0.356 e. The fourth-order valence-electron chi connectivity index (χ4n) is 1.21. The number of fused-ring (bicyclic) bond motifs is 1. The molecule has 0 spiro atoms. The summed E-state index contributed by atoms with van der Waals surface area (Å²) in [5.74, 6) is -0.918. The molecule has 6 heteroatoms. The van der Waals surface area contributed by atoms with Gasteiger partial charge in [-0.15, -0.1) is 0 Å². The van der Waals surface area contributed by atoms with E-state index >= 15 is 0 Å². The third kappa shape index (κ3) is 1.12. The van der Waals surface area contributed by atoms with Crippen molar-refractivity contribution >= 4 is 16.7 Å². The molecule has 0 aliphatic heterocycles. The van der Waals surface area contributed by atoms with Gasteiger partial charge in [-0.3, -0.25) is 10.1 Å². The van der Waals surface area contributed by atoms with Crippen LogP contribution in [-0.2, 0) is 0 Å². The molecule has 14 heavy (non-hydrogen) atoms. The van der Waals surface area contributed by atoms with Gasteiger partial charge in [0.15, 0.2) is 5.58 Å². The molecule has 0 amide bonds. The first-order chi connectivity index (χ1) is 6.59. The Morgan fingerprint density at radius 1 is 1.57 bits per heavy atom. The van der Waals surface area contributed by atoms with E-state index in [9.17, 15) is 14.5 Å². The van der Waals surface area contributed by atoms with Crippen LogP contribution in [0.25, 0.3) is 11.0 Å². The summed E-state index contributed by atoms with van der Waals surface area (Å²) in [5, 5.41) is 14.4. The van der Waals surface area contributed by atoms with Gasteiger partial charge in [0, 0.05) is 12.1 Å². The summed E-state index contributed by atoms with van der Waals surface area (Å²) in [5.41, 5.74) is 0.150. The predicted molar refractivity (Wildman–Crippen MR) is 45.4 cm³/mol. The molecular weight excluding hydrogens is 191 g/mol. The number of hydrogen-bond acceptors (Lipinski definition) is 4. The average molecular weight is 196 g/mol. The first kappa shape index (κ1) is 8.61. The second-order valence-electron chi connectivity index (χ2n) is 2.82. The number of aryl methyl sites for hydroxylation is 1. The van der Waals surface area contributed by atoms with E-state index < -0.39 is 16.4 Å². The second-order valence-corrected chi connectivity index (χ2v) is 2.82. The molecule has 0 bridgehead atoms. The molecule has 0 fully saturated rings. The highest BCUT2D eigenvalue weighted by Crippen LogP contribution is 2.26. The molecule has 0 N–H and O–H groups in total. The summed E-state index contributed by atoms with van der Waals surface area (Å²) < 4.78 is 17.8. The molecular formula is C8H5FN2O3. The van der Waals surface area contributed by atoms with Crippen LogP contribution in [0, 0.1) is 22.9 Å². The average Bonchev–Trinajstić information content (AvgIpc) is 2.46. The topological polar surface area (TPSA) is 69.2 Å². The number of benzene rings is 1. The molecule has 1 heterocycles. The first-order valence-electron chi connectivity index (χ1n) is 3.79. The predicted octanol–water partition coefficient (Wildman–Crippen LogP) is 2.18. The summed E-state index contributed by atoms with van der Waals surface area (Å²) >= 11 is 0. The Hall–Kier alpha value is -1.98. The summed E-state index contributed by atoms with van der Waals surface area (Å²) in [6.07, 6.45) is 0. The van der Waals surface area contributed by atoms with Crippen molar-refractivity contribution < 1.29 is 13.8 Å². The van der Waals surface area contributed by atoms with Gasteiger partial charge in [-0.05, 0) is 6.92 Å². The Balaban J connectivity index is 2.80. The van der Waals surface area contributed by atoms with Crippen LogP contribution in [0.1, 0.15) is 5.69 Å². The van der Waals surface area contributed by atoms with Crippen molar-refractivity contribution in [3.05, 3.63) is 33.8 Å². The maximum absolute atomic E-state index is 13.1. The van der Waals surface area contributed by atoms with Crippen LogP contribution >= 0.6 is 0 Å². The zero-order valence-corrected chi connectivity index (χ0v) is 7.15. The summed E-state index contributed by atoms with van der Waals surface area (Å²) in [7, 11) is 0. The SMILES string of the molecule is Cc1noc2cc(F)c([N+](=O)[O-])cc12. The second kappa shape index (κ2) is 2.76. The van der Waals surface area contributed by atoms with Gasteiger partial charge < -0.3 is 4.52 Å². The van der Waals surface area contributed by atoms with Crippen LogP contribution in [-0.4, -0.2) is 10.1 Å². The minimum absolute atomic E-state index is 0.214. The van der Waals surface area contributed by atoms with E-state index in [1.54, 1.807) is 6.92 Å². The highest BCUT2D eigenvalue weighted by molar-refractivity contribution is 5.81. The van der Waals surface area contributed by atoms with Gasteiger partial charge in [0.25, 0.3) is 0 Å². The maximum Gasteiger partial charge on any atom is 0.305 e. The molecule has 0 unspecified atom stereocenters. The molecule has 0 aliphatic rings. The van der Waals surface area contributed by atoms with Crippen molar-refractivity contribution in [3.63, 3.8) is 0 Å². The molecule has 0 radical (unpaired) electrons. The number of nitrogens with zero attached hydrogens (tertiary/aromatic N) is 2. The van der Waals surface area contributed by atoms with Crippen molar-refractivity contribution in [2.75, 3.05) is 0 Å². The molecule has 2 aromatic rings.